The Hall–Kier alpha value is -0.250. The van der Waals surface area contributed by atoms with Crippen LogP contribution in [-0.4, -0.2) is 18.3 Å². The number of halogens is 2. The molecule has 0 aromatic heterocycles. The summed E-state index contributed by atoms with van der Waals surface area (Å²) in [4.78, 5) is 0. The fraction of sp³-hybridized carbons (Fsp3) is 0.333. The van der Waals surface area contributed by atoms with Gasteiger partial charge in [-0.15, -0.1) is 0 Å². The van der Waals surface area contributed by atoms with Crippen LogP contribution in [0.25, 0.3) is 0 Å². The van der Waals surface area contributed by atoms with E-state index in [1.54, 1.807) is 0 Å². The van der Waals surface area contributed by atoms with E-state index in [0.29, 0.717) is 5.02 Å². The monoisotopic (exact) mass is 263 g/mol. The molecule has 0 aliphatic carbocycles. The van der Waals surface area contributed by atoms with Crippen molar-refractivity contribution in [1.29, 1.82) is 0 Å². The van der Waals surface area contributed by atoms with Gasteiger partial charge in [0.1, 0.15) is 0 Å². The van der Waals surface area contributed by atoms with Crippen LogP contribution in [0.15, 0.2) is 22.7 Å². The number of anilines is 1. The van der Waals surface area contributed by atoms with E-state index in [4.69, 9.17) is 16.7 Å². The number of rotatable bonds is 4. The molecule has 2 N–H and O–H groups in total. The SMILES string of the molecule is OCCCNc1ccc(Cl)cc1Br. The van der Waals surface area contributed by atoms with Crippen LogP contribution in [0.2, 0.25) is 5.02 Å². The van der Waals surface area contributed by atoms with Crippen molar-refractivity contribution < 1.29 is 5.11 Å². The number of aliphatic hydroxyl groups is 1. The first-order chi connectivity index (χ1) is 6.24. The Bertz CT molecular complexity index is 280. The Morgan fingerprint density at radius 3 is 2.85 bits per heavy atom. The van der Waals surface area contributed by atoms with Gasteiger partial charge < -0.3 is 10.4 Å². The van der Waals surface area contributed by atoms with Crippen LogP contribution in [0.1, 0.15) is 6.42 Å². The molecule has 0 radical (unpaired) electrons. The molecule has 0 fully saturated rings. The van der Waals surface area contributed by atoms with Gasteiger partial charge in [0.15, 0.2) is 0 Å². The molecule has 0 bridgehead atoms. The standard InChI is InChI=1S/C9H11BrClNO/c10-8-6-7(11)2-3-9(8)12-4-1-5-13/h2-3,6,12-13H,1,4-5H2. The number of benzene rings is 1. The van der Waals surface area contributed by atoms with Gasteiger partial charge >= 0.3 is 0 Å². The third-order valence-electron chi connectivity index (χ3n) is 1.58. The molecule has 0 saturated heterocycles. The Kier molecular flexibility index (Phi) is 4.56. The highest BCUT2D eigenvalue weighted by atomic mass is 79.9. The molecule has 1 rings (SSSR count). The summed E-state index contributed by atoms with van der Waals surface area (Å²) >= 11 is 9.17. The summed E-state index contributed by atoms with van der Waals surface area (Å²) < 4.78 is 0.943. The molecule has 72 valence electrons. The first-order valence-electron chi connectivity index (χ1n) is 4.04. The molecule has 0 unspecified atom stereocenters. The summed E-state index contributed by atoms with van der Waals surface area (Å²) in [5.74, 6) is 0. The van der Waals surface area contributed by atoms with Gasteiger partial charge in [-0.3, -0.25) is 0 Å². The van der Waals surface area contributed by atoms with Gasteiger partial charge in [0, 0.05) is 28.3 Å². The van der Waals surface area contributed by atoms with Crippen LogP contribution in [0.5, 0.6) is 0 Å². The molecule has 0 aliphatic heterocycles. The van der Waals surface area contributed by atoms with Gasteiger partial charge in [-0.1, -0.05) is 11.6 Å². The first-order valence-corrected chi connectivity index (χ1v) is 5.21. The van der Waals surface area contributed by atoms with Gasteiger partial charge in [0.25, 0.3) is 0 Å². The molecular formula is C9H11BrClNO. The fourth-order valence-corrected chi connectivity index (χ4v) is 1.76. The van der Waals surface area contributed by atoms with Crippen LogP contribution < -0.4 is 5.32 Å². The normalized spacial score (nSPS) is 10.1. The maximum atomic E-state index is 8.58. The van der Waals surface area contributed by atoms with Crippen LogP contribution in [-0.2, 0) is 0 Å². The number of aliphatic hydroxyl groups excluding tert-OH is 1. The van der Waals surface area contributed by atoms with Gasteiger partial charge in [0.2, 0.25) is 0 Å². The van der Waals surface area contributed by atoms with E-state index >= 15 is 0 Å². The van der Waals surface area contributed by atoms with E-state index in [1.807, 2.05) is 18.2 Å². The molecule has 13 heavy (non-hydrogen) atoms. The minimum Gasteiger partial charge on any atom is -0.396 e. The predicted octanol–water partition coefficient (Wildman–Crippen LogP) is 2.90. The molecule has 0 atom stereocenters. The van der Waals surface area contributed by atoms with Crippen LogP contribution in [0.4, 0.5) is 5.69 Å². The molecule has 2 nitrogen and oxygen atoms in total. The molecular weight excluding hydrogens is 253 g/mol. The van der Waals surface area contributed by atoms with Crippen LogP contribution in [0, 0.1) is 0 Å². The Morgan fingerprint density at radius 2 is 2.23 bits per heavy atom. The summed E-state index contributed by atoms with van der Waals surface area (Å²) in [7, 11) is 0. The molecule has 4 heteroatoms. The Morgan fingerprint density at radius 1 is 1.46 bits per heavy atom. The summed E-state index contributed by atoms with van der Waals surface area (Å²) in [6.07, 6.45) is 0.745. The van der Waals surface area contributed by atoms with E-state index in [9.17, 15) is 0 Å². The minimum absolute atomic E-state index is 0.207. The zero-order valence-electron chi connectivity index (χ0n) is 7.06. The van der Waals surface area contributed by atoms with Gasteiger partial charge in [0.05, 0.1) is 0 Å². The maximum Gasteiger partial charge on any atom is 0.0485 e. The van der Waals surface area contributed by atoms with E-state index in [1.165, 1.54) is 0 Å². The Labute approximate surface area is 91.0 Å². The summed E-state index contributed by atoms with van der Waals surface area (Å²) in [6.45, 7) is 0.967. The first kappa shape index (κ1) is 10.8. The largest absolute Gasteiger partial charge is 0.396 e. The maximum absolute atomic E-state index is 8.58. The average molecular weight is 265 g/mol. The quantitative estimate of drug-likeness (QED) is 0.820. The van der Waals surface area contributed by atoms with Gasteiger partial charge in [-0.05, 0) is 40.5 Å². The van der Waals surface area contributed by atoms with Crippen molar-refractivity contribution in [2.75, 3.05) is 18.5 Å². The second kappa shape index (κ2) is 5.47. The minimum atomic E-state index is 0.207. The Balaban J connectivity index is 2.56. The number of hydrogen-bond acceptors (Lipinski definition) is 2. The molecule has 0 amide bonds. The molecule has 0 heterocycles. The van der Waals surface area contributed by atoms with Crippen molar-refractivity contribution in [2.24, 2.45) is 0 Å². The van der Waals surface area contributed by atoms with Crippen molar-refractivity contribution in [3.05, 3.63) is 27.7 Å². The van der Waals surface area contributed by atoms with Crippen molar-refractivity contribution in [2.45, 2.75) is 6.42 Å². The second-order valence-electron chi connectivity index (χ2n) is 2.63. The highest BCUT2D eigenvalue weighted by Crippen LogP contribution is 2.25. The third kappa shape index (κ3) is 3.55. The van der Waals surface area contributed by atoms with E-state index < -0.39 is 0 Å². The lowest BCUT2D eigenvalue weighted by atomic mass is 10.3. The van der Waals surface area contributed by atoms with E-state index in [2.05, 4.69) is 21.2 Å². The topological polar surface area (TPSA) is 32.3 Å². The zero-order valence-corrected chi connectivity index (χ0v) is 9.40. The summed E-state index contributed by atoms with van der Waals surface area (Å²) in [6, 6.07) is 5.57. The zero-order chi connectivity index (χ0) is 9.68. The highest BCUT2D eigenvalue weighted by molar-refractivity contribution is 9.10. The molecule has 1 aromatic rings. The van der Waals surface area contributed by atoms with Gasteiger partial charge in [-0.2, -0.15) is 0 Å². The van der Waals surface area contributed by atoms with Crippen molar-refractivity contribution in [1.82, 2.24) is 0 Å². The predicted molar refractivity (Wildman–Crippen MR) is 59.3 cm³/mol. The van der Waals surface area contributed by atoms with Crippen LogP contribution in [0.3, 0.4) is 0 Å². The number of hydrogen-bond donors (Lipinski definition) is 2. The summed E-state index contributed by atoms with van der Waals surface area (Å²) in [5.41, 5.74) is 0.998. The molecule has 0 spiro atoms. The third-order valence-corrected chi connectivity index (χ3v) is 2.47. The van der Waals surface area contributed by atoms with Crippen LogP contribution >= 0.6 is 27.5 Å². The van der Waals surface area contributed by atoms with Crippen molar-refractivity contribution in [3.63, 3.8) is 0 Å². The van der Waals surface area contributed by atoms with Crippen molar-refractivity contribution in [3.8, 4) is 0 Å². The average Bonchev–Trinajstić information content (AvgIpc) is 2.09. The van der Waals surface area contributed by atoms with Gasteiger partial charge in [-0.25, -0.2) is 0 Å². The lowest BCUT2D eigenvalue weighted by molar-refractivity contribution is 0.292. The second-order valence-corrected chi connectivity index (χ2v) is 3.92. The molecule has 0 aliphatic rings. The highest BCUT2D eigenvalue weighted by Gasteiger charge is 1.98. The smallest absolute Gasteiger partial charge is 0.0485 e. The van der Waals surface area contributed by atoms with E-state index in [-0.39, 0.29) is 6.61 Å². The molecule has 0 saturated carbocycles. The van der Waals surface area contributed by atoms with Crippen molar-refractivity contribution >= 4 is 33.2 Å². The molecule has 1 aromatic carbocycles. The fourth-order valence-electron chi connectivity index (χ4n) is 0.935. The lowest BCUT2D eigenvalue weighted by Crippen LogP contribution is -2.03. The van der Waals surface area contributed by atoms with E-state index in [0.717, 1.165) is 23.1 Å². The lowest BCUT2D eigenvalue weighted by Gasteiger charge is -2.07. The number of nitrogens with one attached hydrogen (secondary N) is 1. The summed E-state index contributed by atoms with van der Waals surface area (Å²) in [5, 5.41) is 12.5.